The van der Waals surface area contributed by atoms with Gasteiger partial charge < -0.3 is 9.29 Å². The molecule has 0 heterocycles. The molecule has 0 rings (SSSR count). The first-order chi connectivity index (χ1) is 5.63. The fourth-order valence-electron chi connectivity index (χ4n) is 0.453. The highest BCUT2D eigenvalue weighted by Gasteiger charge is 2.22. The fraction of sp³-hybridized carbons (Fsp3) is 0.857. The monoisotopic (exact) mass is 209 g/mol. The molecule has 0 spiro atoms. The second kappa shape index (κ2) is 4.06. The molecule has 13 heavy (non-hydrogen) atoms. The molecule has 0 aromatic heterocycles. The van der Waals surface area contributed by atoms with Crippen LogP contribution in [0.2, 0.25) is 0 Å². The van der Waals surface area contributed by atoms with Gasteiger partial charge in [-0.1, -0.05) is 0 Å². The maximum Gasteiger partial charge on any atom is 0.311 e. The Kier molecular flexibility index (Phi) is 3.87. The molecule has 0 N–H and O–H groups in total. The van der Waals surface area contributed by atoms with Gasteiger partial charge in [0.25, 0.3) is 0 Å². The normalized spacial score (nSPS) is 12.6. The van der Waals surface area contributed by atoms with Crippen LogP contribution in [0.25, 0.3) is 0 Å². The van der Waals surface area contributed by atoms with Crippen LogP contribution in [-0.2, 0) is 19.6 Å². The van der Waals surface area contributed by atoms with E-state index in [1.54, 1.807) is 20.8 Å². The summed E-state index contributed by atoms with van der Waals surface area (Å²) in [6, 6.07) is 0. The van der Waals surface area contributed by atoms with E-state index in [1.807, 2.05) is 0 Å². The van der Waals surface area contributed by atoms with Gasteiger partial charge in [-0.15, -0.1) is 0 Å². The van der Waals surface area contributed by atoms with Crippen LogP contribution in [0, 0.1) is 5.41 Å². The minimum absolute atomic E-state index is 0.373. The van der Waals surface area contributed by atoms with Crippen LogP contribution in [0.15, 0.2) is 0 Å². The van der Waals surface area contributed by atoms with Gasteiger partial charge in [-0.05, 0) is 20.8 Å². The summed E-state index contributed by atoms with van der Waals surface area (Å²) in [5.41, 5.74) is -0.674. The Labute approximate surface area is 77.8 Å². The van der Waals surface area contributed by atoms with Crippen molar-refractivity contribution in [3.05, 3.63) is 0 Å². The zero-order valence-corrected chi connectivity index (χ0v) is 8.68. The minimum atomic E-state index is -4.29. The van der Waals surface area contributed by atoms with Crippen LogP contribution in [0.1, 0.15) is 20.8 Å². The number of esters is 1. The third-order valence-electron chi connectivity index (χ3n) is 1.18. The highest BCUT2D eigenvalue weighted by atomic mass is 32.2. The quantitative estimate of drug-likeness (QED) is 0.487. The van der Waals surface area contributed by atoms with E-state index in [4.69, 9.17) is 0 Å². The molecule has 0 aliphatic heterocycles. The molecule has 0 aliphatic rings. The predicted molar refractivity (Wildman–Crippen MR) is 45.0 cm³/mol. The standard InChI is InChI=1S/C7H14O5S/c1-7(2,3)6(8)12-4-5-13(9,10)11/h4-5H2,1-3H3,(H,9,10,11)/p-1. The molecule has 6 heteroatoms. The van der Waals surface area contributed by atoms with Crippen molar-refractivity contribution in [3.63, 3.8) is 0 Å². The van der Waals surface area contributed by atoms with Crippen LogP contribution >= 0.6 is 0 Å². The van der Waals surface area contributed by atoms with E-state index in [1.165, 1.54) is 0 Å². The molecule has 0 saturated carbocycles. The van der Waals surface area contributed by atoms with Crippen molar-refractivity contribution in [2.45, 2.75) is 20.8 Å². The lowest BCUT2D eigenvalue weighted by molar-refractivity contribution is -0.152. The number of hydrogen-bond donors (Lipinski definition) is 0. The van der Waals surface area contributed by atoms with Gasteiger partial charge in [0.15, 0.2) is 0 Å². The summed E-state index contributed by atoms with van der Waals surface area (Å²) >= 11 is 0. The molecular weight excluding hydrogens is 196 g/mol. The van der Waals surface area contributed by atoms with Crippen LogP contribution < -0.4 is 0 Å². The molecular formula is C7H13O5S-. The molecule has 0 radical (unpaired) electrons. The Morgan fingerprint density at radius 1 is 1.38 bits per heavy atom. The van der Waals surface area contributed by atoms with E-state index in [9.17, 15) is 17.8 Å². The fourth-order valence-corrected chi connectivity index (χ4v) is 0.740. The summed E-state index contributed by atoms with van der Waals surface area (Å²) in [7, 11) is -4.29. The number of carbonyl (C=O) groups is 1. The molecule has 0 amide bonds. The third-order valence-corrected chi connectivity index (χ3v) is 1.85. The van der Waals surface area contributed by atoms with Crippen molar-refractivity contribution in [1.82, 2.24) is 0 Å². The molecule has 0 aliphatic carbocycles. The maximum atomic E-state index is 11.0. The molecule has 78 valence electrons. The predicted octanol–water partition coefficient (Wildman–Crippen LogP) is 0.121. The van der Waals surface area contributed by atoms with Crippen molar-refractivity contribution < 1.29 is 22.5 Å². The second-order valence-electron chi connectivity index (χ2n) is 3.65. The Morgan fingerprint density at radius 3 is 2.15 bits per heavy atom. The highest BCUT2D eigenvalue weighted by molar-refractivity contribution is 7.85. The topological polar surface area (TPSA) is 83.5 Å². The van der Waals surface area contributed by atoms with E-state index >= 15 is 0 Å². The van der Waals surface area contributed by atoms with E-state index in [0.29, 0.717) is 0 Å². The van der Waals surface area contributed by atoms with Crippen LogP contribution in [0.4, 0.5) is 0 Å². The average Bonchev–Trinajstić information content (AvgIpc) is 1.82. The van der Waals surface area contributed by atoms with Crippen molar-refractivity contribution in [3.8, 4) is 0 Å². The number of hydrogen-bond acceptors (Lipinski definition) is 5. The summed E-state index contributed by atoms with van der Waals surface area (Å²) in [5, 5.41) is 0. The second-order valence-corrected chi connectivity index (χ2v) is 5.17. The number of carbonyl (C=O) groups excluding carboxylic acids is 1. The van der Waals surface area contributed by atoms with Crippen LogP contribution in [0.3, 0.4) is 0 Å². The third kappa shape index (κ3) is 6.53. The molecule has 0 atom stereocenters. The van der Waals surface area contributed by atoms with Gasteiger partial charge in [0.1, 0.15) is 6.61 Å². The summed E-state index contributed by atoms with van der Waals surface area (Å²) in [5.74, 6) is -1.19. The lowest BCUT2D eigenvalue weighted by Crippen LogP contribution is -2.25. The molecule has 0 unspecified atom stereocenters. The Hall–Kier alpha value is -0.620. The van der Waals surface area contributed by atoms with Gasteiger partial charge in [-0.2, -0.15) is 0 Å². The lowest BCUT2D eigenvalue weighted by Gasteiger charge is -2.16. The van der Waals surface area contributed by atoms with Crippen molar-refractivity contribution in [2.24, 2.45) is 5.41 Å². The Morgan fingerprint density at radius 2 is 1.85 bits per heavy atom. The SMILES string of the molecule is CC(C)(C)C(=O)OCCS(=O)(=O)[O-]. The summed E-state index contributed by atoms with van der Waals surface area (Å²) in [6.07, 6.45) is 0. The van der Waals surface area contributed by atoms with Gasteiger partial charge in [0.2, 0.25) is 0 Å². The first-order valence-electron chi connectivity index (χ1n) is 3.74. The molecule has 0 fully saturated rings. The van der Waals surface area contributed by atoms with Crippen LogP contribution in [-0.4, -0.2) is 31.3 Å². The summed E-state index contributed by atoms with van der Waals surface area (Å²) in [6.45, 7) is 4.55. The molecule has 5 nitrogen and oxygen atoms in total. The Balaban J connectivity index is 3.87. The van der Waals surface area contributed by atoms with Gasteiger partial charge in [-0.25, -0.2) is 8.42 Å². The molecule has 0 aromatic rings. The van der Waals surface area contributed by atoms with Gasteiger partial charge in [0, 0.05) is 0 Å². The zero-order valence-electron chi connectivity index (χ0n) is 7.86. The first kappa shape index (κ1) is 12.4. The molecule has 0 bridgehead atoms. The van der Waals surface area contributed by atoms with E-state index < -0.39 is 27.3 Å². The van der Waals surface area contributed by atoms with Crippen LogP contribution in [0.5, 0.6) is 0 Å². The summed E-state index contributed by atoms with van der Waals surface area (Å²) in [4.78, 5) is 11.0. The first-order valence-corrected chi connectivity index (χ1v) is 5.31. The smallest absolute Gasteiger partial charge is 0.311 e. The highest BCUT2D eigenvalue weighted by Crippen LogP contribution is 2.14. The number of rotatable bonds is 3. The molecule has 0 saturated heterocycles. The van der Waals surface area contributed by atoms with E-state index in [0.717, 1.165) is 0 Å². The van der Waals surface area contributed by atoms with Crippen molar-refractivity contribution in [1.29, 1.82) is 0 Å². The average molecular weight is 209 g/mol. The zero-order chi connectivity index (χ0) is 10.7. The van der Waals surface area contributed by atoms with Crippen molar-refractivity contribution in [2.75, 3.05) is 12.4 Å². The lowest BCUT2D eigenvalue weighted by atomic mass is 9.97. The van der Waals surface area contributed by atoms with Gasteiger partial charge in [0.05, 0.1) is 21.3 Å². The minimum Gasteiger partial charge on any atom is -0.748 e. The molecule has 0 aromatic carbocycles. The van der Waals surface area contributed by atoms with Gasteiger partial charge >= 0.3 is 5.97 Å². The van der Waals surface area contributed by atoms with Gasteiger partial charge in [-0.3, -0.25) is 4.79 Å². The summed E-state index contributed by atoms with van der Waals surface area (Å²) < 4.78 is 34.9. The van der Waals surface area contributed by atoms with Crippen molar-refractivity contribution >= 4 is 16.1 Å². The number of ether oxygens (including phenoxy) is 1. The maximum absolute atomic E-state index is 11.0. The largest absolute Gasteiger partial charge is 0.748 e. The Bertz CT molecular complexity index is 272. The van der Waals surface area contributed by atoms with E-state index in [2.05, 4.69) is 4.74 Å². The van der Waals surface area contributed by atoms with E-state index in [-0.39, 0.29) is 6.61 Å².